The molecule has 0 aliphatic carbocycles. The number of amides is 1. The largest absolute Gasteiger partial charge is 0.348 e. The van der Waals surface area contributed by atoms with Gasteiger partial charge in [-0.2, -0.15) is 0 Å². The first-order valence-electron chi connectivity index (χ1n) is 8.98. The molecule has 3 aromatic rings. The second kappa shape index (κ2) is 7.86. The molecule has 140 valence electrons. The molecule has 3 heterocycles. The number of pyridine rings is 1. The Morgan fingerprint density at radius 1 is 1.11 bits per heavy atom. The molecule has 0 atom stereocenters. The summed E-state index contributed by atoms with van der Waals surface area (Å²) >= 11 is 1.41. The molecule has 1 aliphatic rings. The summed E-state index contributed by atoms with van der Waals surface area (Å²) in [5, 5.41) is 0.678. The van der Waals surface area contributed by atoms with Gasteiger partial charge in [0.1, 0.15) is 0 Å². The standard InChI is InChI=1S/C22H20N4OS/c1-16-10-11-19(25(16)2)13-20-21(27)26(15-17-7-6-12-23-14-17)22(28-20)24-18-8-4-3-5-9-18/h3-14H,15H2,1-2H3/b20-13-,24-22?. The van der Waals surface area contributed by atoms with Crippen LogP contribution in [-0.4, -0.2) is 25.5 Å². The predicted octanol–water partition coefficient (Wildman–Crippen LogP) is 4.53. The van der Waals surface area contributed by atoms with Crippen LogP contribution in [0.5, 0.6) is 0 Å². The number of rotatable bonds is 4. The van der Waals surface area contributed by atoms with Crippen LogP contribution < -0.4 is 0 Å². The Kier molecular flexibility index (Phi) is 5.12. The van der Waals surface area contributed by atoms with Gasteiger partial charge in [-0.05, 0) is 60.7 Å². The second-order valence-corrected chi connectivity index (χ2v) is 7.56. The van der Waals surface area contributed by atoms with Crippen LogP contribution in [0.4, 0.5) is 5.69 Å². The monoisotopic (exact) mass is 388 g/mol. The normalized spacial score (nSPS) is 17.1. The van der Waals surface area contributed by atoms with E-state index in [1.54, 1.807) is 17.3 Å². The summed E-state index contributed by atoms with van der Waals surface area (Å²) in [5.41, 5.74) is 3.93. The topological polar surface area (TPSA) is 50.5 Å². The van der Waals surface area contributed by atoms with Gasteiger partial charge in [0.2, 0.25) is 0 Å². The Hall–Kier alpha value is -3.12. The lowest BCUT2D eigenvalue weighted by Crippen LogP contribution is -2.28. The van der Waals surface area contributed by atoms with Crippen molar-refractivity contribution in [2.24, 2.45) is 12.0 Å². The molecular formula is C22H20N4OS. The fourth-order valence-electron chi connectivity index (χ4n) is 2.93. The lowest BCUT2D eigenvalue weighted by atomic mass is 10.2. The van der Waals surface area contributed by atoms with Crippen molar-refractivity contribution in [3.63, 3.8) is 0 Å². The summed E-state index contributed by atoms with van der Waals surface area (Å²) in [7, 11) is 2.00. The van der Waals surface area contributed by atoms with Crippen molar-refractivity contribution >= 4 is 34.6 Å². The first kappa shape index (κ1) is 18.3. The Labute approximate surface area is 168 Å². The van der Waals surface area contributed by atoms with Gasteiger partial charge < -0.3 is 4.57 Å². The number of carbonyl (C=O) groups is 1. The molecule has 1 aliphatic heterocycles. The minimum Gasteiger partial charge on any atom is -0.348 e. The van der Waals surface area contributed by atoms with Crippen molar-refractivity contribution < 1.29 is 4.79 Å². The number of aliphatic imine (C=N–C) groups is 1. The van der Waals surface area contributed by atoms with Gasteiger partial charge in [-0.15, -0.1) is 0 Å². The minimum absolute atomic E-state index is 0.0395. The molecule has 0 spiro atoms. The number of aryl methyl sites for hydroxylation is 1. The van der Waals surface area contributed by atoms with E-state index in [1.165, 1.54) is 11.8 Å². The molecule has 1 amide bonds. The van der Waals surface area contributed by atoms with Crippen LogP contribution >= 0.6 is 11.8 Å². The highest BCUT2D eigenvalue weighted by Crippen LogP contribution is 2.35. The van der Waals surface area contributed by atoms with Gasteiger partial charge in [0.15, 0.2) is 5.17 Å². The lowest BCUT2D eigenvalue weighted by molar-refractivity contribution is -0.122. The van der Waals surface area contributed by atoms with Gasteiger partial charge in [-0.1, -0.05) is 24.3 Å². The van der Waals surface area contributed by atoms with E-state index in [2.05, 4.69) is 9.55 Å². The number of benzene rings is 1. The highest BCUT2D eigenvalue weighted by Gasteiger charge is 2.33. The number of nitrogens with zero attached hydrogens (tertiary/aromatic N) is 4. The summed E-state index contributed by atoms with van der Waals surface area (Å²) in [6.07, 6.45) is 5.44. The number of hydrogen-bond acceptors (Lipinski definition) is 4. The van der Waals surface area contributed by atoms with Crippen LogP contribution in [0.25, 0.3) is 6.08 Å². The van der Waals surface area contributed by atoms with E-state index in [0.29, 0.717) is 16.6 Å². The van der Waals surface area contributed by atoms with E-state index >= 15 is 0 Å². The number of carbonyl (C=O) groups excluding carboxylic acids is 1. The van der Waals surface area contributed by atoms with E-state index in [4.69, 9.17) is 4.99 Å². The number of para-hydroxylation sites is 1. The van der Waals surface area contributed by atoms with E-state index in [1.807, 2.05) is 74.6 Å². The first-order valence-corrected chi connectivity index (χ1v) is 9.80. The molecule has 0 N–H and O–H groups in total. The van der Waals surface area contributed by atoms with Gasteiger partial charge in [0.05, 0.1) is 17.1 Å². The minimum atomic E-state index is -0.0395. The van der Waals surface area contributed by atoms with Crippen LogP contribution in [-0.2, 0) is 18.4 Å². The first-order chi connectivity index (χ1) is 13.6. The maximum atomic E-state index is 13.2. The summed E-state index contributed by atoms with van der Waals surface area (Å²) in [5.74, 6) is -0.0395. The molecule has 2 aromatic heterocycles. The highest BCUT2D eigenvalue weighted by molar-refractivity contribution is 8.18. The summed E-state index contributed by atoms with van der Waals surface area (Å²) in [6.45, 7) is 2.48. The van der Waals surface area contributed by atoms with Crippen molar-refractivity contribution in [1.29, 1.82) is 0 Å². The molecule has 0 saturated carbocycles. The predicted molar refractivity (Wildman–Crippen MR) is 114 cm³/mol. The third-order valence-electron chi connectivity index (χ3n) is 4.62. The molecule has 4 rings (SSSR count). The van der Waals surface area contributed by atoms with Crippen molar-refractivity contribution in [2.45, 2.75) is 13.5 Å². The average Bonchev–Trinajstić information content (AvgIpc) is 3.18. The molecule has 0 bridgehead atoms. The highest BCUT2D eigenvalue weighted by atomic mass is 32.2. The SMILES string of the molecule is Cc1ccc(/C=C2\SC(=Nc3ccccc3)N(Cc3cccnc3)C2=O)n1C. The molecule has 0 unspecified atom stereocenters. The Morgan fingerprint density at radius 3 is 2.61 bits per heavy atom. The van der Waals surface area contributed by atoms with Gasteiger partial charge in [-0.3, -0.25) is 14.7 Å². The molecule has 5 nitrogen and oxygen atoms in total. The molecule has 1 aromatic carbocycles. The Balaban J connectivity index is 1.71. The van der Waals surface area contributed by atoms with Crippen LogP contribution in [0, 0.1) is 6.92 Å². The number of hydrogen-bond donors (Lipinski definition) is 0. The Morgan fingerprint density at radius 2 is 1.93 bits per heavy atom. The van der Waals surface area contributed by atoms with Crippen molar-refractivity contribution in [3.05, 3.63) is 88.8 Å². The van der Waals surface area contributed by atoms with Crippen molar-refractivity contribution in [2.75, 3.05) is 0 Å². The maximum absolute atomic E-state index is 13.2. The van der Waals surface area contributed by atoms with E-state index < -0.39 is 0 Å². The van der Waals surface area contributed by atoms with Crippen LogP contribution in [0.2, 0.25) is 0 Å². The molecular weight excluding hydrogens is 368 g/mol. The summed E-state index contributed by atoms with van der Waals surface area (Å²) in [6, 6.07) is 17.6. The molecule has 0 radical (unpaired) electrons. The fraction of sp³-hybridized carbons (Fsp3) is 0.136. The third-order valence-corrected chi connectivity index (χ3v) is 5.63. The fourth-order valence-corrected chi connectivity index (χ4v) is 3.91. The molecule has 1 fully saturated rings. The molecule has 1 saturated heterocycles. The quantitative estimate of drug-likeness (QED) is 0.617. The summed E-state index contributed by atoms with van der Waals surface area (Å²) in [4.78, 5) is 24.4. The zero-order valence-corrected chi connectivity index (χ0v) is 16.6. The summed E-state index contributed by atoms with van der Waals surface area (Å²) < 4.78 is 2.07. The number of aromatic nitrogens is 2. The zero-order valence-electron chi connectivity index (χ0n) is 15.7. The number of amidine groups is 1. The Bertz CT molecular complexity index is 1050. The number of thioether (sulfide) groups is 1. The zero-order chi connectivity index (χ0) is 19.5. The van der Waals surface area contributed by atoms with Gasteiger partial charge in [0, 0.05) is 30.8 Å². The van der Waals surface area contributed by atoms with Crippen LogP contribution in [0.1, 0.15) is 17.0 Å². The van der Waals surface area contributed by atoms with E-state index in [9.17, 15) is 4.79 Å². The van der Waals surface area contributed by atoms with Gasteiger partial charge in [0.25, 0.3) is 5.91 Å². The smallest absolute Gasteiger partial charge is 0.267 e. The van der Waals surface area contributed by atoms with Gasteiger partial charge >= 0.3 is 0 Å². The van der Waals surface area contributed by atoms with Crippen LogP contribution in [0.3, 0.4) is 0 Å². The van der Waals surface area contributed by atoms with Crippen molar-refractivity contribution in [3.8, 4) is 0 Å². The van der Waals surface area contributed by atoms with E-state index in [-0.39, 0.29) is 5.91 Å². The molecule has 6 heteroatoms. The van der Waals surface area contributed by atoms with Crippen molar-refractivity contribution in [1.82, 2.24) is 14.5 Å². The maximum Gasteiger partial charge on any atom is 0.267 e. The van der Waals surface area contributed by atoms with Gasteiger partial charge in [-0.25, -0.2) is 4.99 Å². The lowest BCUT2D eigenvalue weighted by Gasteiger charge is -2.15. The van der Waals surface area contributed by atoms with E-state index in [0.717, 1.165) is 22.6 Å². The second-order valence-electron chi connectivity index (χ2n) is 6.55. The third kappa shape index (κ3) is 3.77. The molecule has 28 heavy (non-hydrogen) atoms. The van der Waals surface area contributed by atoms with Crippen LogP contribution in [0.15, 0.2) is 76.9 Å². The average molecular weight is 388 g/mol.